The van der Waals surface area contributed by atoms with Crippen molar-refractivity contribution in [2.24, 2.45) is 0 Å². The second-order valence-corrected chi connectivity index (χ2v) is 3.35. The van der Waals surface area contributed by atoms with Crippen molar-refractivity contribution >= 4 is 11.3 Å². The van der Waals surface area contributed by atoms with Crippen LogP contribution in [-0.4, -0.2) is 10.1 Å². The molecule has 1 N–H and O–H groups in total. The predicted octanol–water partition coefficient (Wildman–Crippen LogP) is 1.33. The summed E-state index contributed by atoms with van der Waals surface area (Å²) in [6.07, 6.45) is 0. The number of aromatic hydroxyl groups is 1. The summed E-state index contributed by atoms with van der Waals surface area (Å²) in [5.41, 5.74) is 1.77. The van der Waals surface area contributed by atoms with Crippen LogP contribution in [0.15, 0.2) is 10.3 Å². The minimum Gasteiger partial charge on any atom is -0.493 e. The normalized spacial score (nSPS) is 10.5. The van der Waals surface area contributed by atoms with E-state index in [4.69, 9.17) is 5.11 Å². The molecule has 1 rings (SSSR count). The van der Waals surface area contributed by atoms with Crippen LogP contribution in [0.3, 0.4) is 0 Å². The molecule has 0 spiro atoms. The Morgan fingerprint density at radius 3 is 2.64 bits per heavy atom. The van der Waals surface area contributed by atoms with Gasteiger partial charge >= 0.3 is 0 Å². The fourth-order valence-electron chi connectivity index (χ4n) is 0.842. The Morgan fingerprint density at radius 2 is 2.27 bits per heavy atom. The van der Waals surface area contributed by atoms with Crippen LogP contribution in [0.4, 0.5) is 0 Å². The molecule has 3 nitrogen and oxygen atoms in total. The van der Waals surface area contributed by atoms with E-state index < -0.39 is 0 Å². The maximum atomic E-state index is 11.1. The summed E-state index contributed by atoms with van der Waals surface area (Å²) in [5, 5.41) is 9.16. The summed E-state index contributed by atoms with van der Waals surface area (Å²) in [6.45, 7) is 3.70. The number of hydrogen-bond acceptors (Lipinski definition) is 4. The summed E-state index contributed by atoms with van der Waals surface area (Å²) < 4.78 is -0.104. The van der Waals surface area contributed by atoms with E-state index in [1.807, 2.05) is 13.8 Å². The quantitative estimate of drug-likeness (QED) is 0.693. The van der Waals surface area contributed by atoms with Gasteiger partial charge in [-0.25, -0.2) is 4.98 Å². The largest absolute Gasteiger partial charge is 0.493 e. The maximum absolute atomic E-state index is 11.1. The van der Waals surface area contributed by atoms with Gasteiger partial charge in [-0.15, -0.1) is 0 Å². The molecule has 0 unspecified atom stereocenters. The van der Waals surface area contributed by atoms with Gasteiger partial charge in [0.1, 0.15) is 0 Å². The van der Waals surface area contributed by atoms with Crippen molar-refractivity contribution in [2.45, 2.75) is 19.8 Å². The van der Waals surface area contributed by atoms with Crippen LogP contribution in [0.25, 0.3) is 0 Å². The van der Waals surface area contributed by atoms with Crippen molar-refractivity contribution in [3.63, 3.8) is 0 Å². The minimum absolute atomic E-state index is 0.0347. The van der Waals surface area contributed by atoms with Gasteiger partial charge in [0.2, 0.25) is 10.6 Å². The first-order chi connectivity index (χ1) is 5.13. The molecule has 0 aliphatic carbocycles. The molecule has 0 amide bonds. The SMILES string of the molecule is CC(C)c1c(O)ncsc1=O. The lowest BCUT2D eigenvalue weighted by atomic mass is 10.1. The van der Waals surface area contributed by atoms with Gasteiger partial charge in [-0.3, -0.25) is 4.79 Å². The number of aromatic nitrogens is 1. The standard InChI is InChI=1S/C7H9NO2S/c1-4(2)5-6(9)8-3-11-7(5)10/h3-4,9H,1-2H3. The van der Waals surface area contributed by atoms with Gasteiger partial charge in [-0.2, -0.15) is 0 Å². The van der Waals surface area contributed by atoms with Crippen LogP contribution < -0.4 is 4.74 Å². The monoisotopic (exact) mass is 171 g/mol. The average Bonchev–Trinajstić information content (AvgIpc) is 1.85. The van der Waals surface area contributed by atoms with Crippen molar-refractivity contribution in [1.29, 1.82) is 0 Å². The Kier molecular flexibility index (Phi) is 2.24. The van der Waals surface area contributed by atoms with Gasteiger partial charge in [0.25, 0.3) is 0 Å². The molecule has 0 bridgehead atoms. The zero-order chi connectivity index (χ0) is 8.43. The molecule has 0 aliphatic rings. The summed E-state index contributed by atoms with van der Waals surface area (Å²) in [7, 11) is 0. The van der Waals surface area contributed by atoms with Crippen molar-refractivity contribution in [1.82, 2.24) is 4.98 Å². The van der Waals surface area contributed by atoms with Crippen LogP contribution in [0, 0.1) is 0 Å². The number of hydrogen-bond donors (Lipinski definition) is 1. The molecule has 0 radical (unpaired) electrons. The van der Waals surface area contributed by atoms with Gasteiger partial charge in [0.15, 0.2) is 0 Å². The molecular weight excluding hydrogens is 162 g/mol. The molecule has 0 saturated heterocycles. The van der Waals surface area contributed by atoms with Crippen molar-refractivity contribution in [2.75, 3.05) is 0 Å². The van der Waals surface area contributed by atoms with E-state index in [-0.39, 0.29) is 16.5 Å². The Bertz CT molecular complexity index is 306. The topological polar surface area (TPSA) is 50.2 Å². The summed E-state index contributed by atoms with van der Waals surface area (Å²) in [4.78, 5) is 14.7. The molecule has 1 aromatic heterocycles. The molecule has 0 fully saturated rings. The maximum Gasteiger partial charge on any atom is 0.242 e. The smallest absolute Gasteiger partial charge is 0.242 e. The third-order valence-electron chi connectivity index (χ3n) is 1.37. The fourth-order valence-corrected chi connectivity index (χ4v) is 1.54. The Labute approximate surface area is 68.4 Å². The van der Waals surface area contributed by atoms with E-state index in [9.17, 15) is 4.79 Å². The Hall–Kier alpha value is -0.900. The molecule has 0 aromatic carbocycles. The lowest BCUT2D eigenvalue weighted by Crippen LogP contribution is -2.06. The van der Waals surface area contributed by atoms with E-state index in [0.717, 1.165) is 11.3 Å². The Morgan fingerprint density at radius 1 is 1.64 bits per heavy atom. The highest BCUT2D eigenvalue weighted by molar-refractivity contribution is 7.07. The summed E-state index contributed by atoms with van der Waals surface area (Å²) in [5.74, 6) is -0.101. The molecule has 11 heavy (non-hydrogen) atoms. The second-order valence-electron chi connectivity index (χ2n) is 2.53. The van der Waals surface area contributed by atoms with Gasteiger partial charge in [0.05, 0.1) is 11.1 Å². The molecular formula is C7H9NO2S. The first kappa shape index (κ1) is 8.20. The highest BCUT2D eigenvalue weighted by Gasteiger charge is 2.10. The summed E-state index contributed by atoms with van der Waals surface area (Å²) in [6, 6.07) is 0. The van der Waals surface area contributed by atoms with Crippen LogP contribution in [0.2, 0.25) is 0 Å². The van der Waals surface area contributed by atoms with Gasteiger partial charge in [0, 0.05) is 0 Å². The lowest BCUT2D eigenvalue weighted by molar-refractivity contribution is 0.443. The fraction of sp³-hybridized carbons (Fsp3) is 0.429. The van der Waals surface area contributed by atoms with Crippen molar-refractivity contribution in [3.8, 4) is 5.88 Å². The molecule has 4 heteroatoms. The summed E-state index contributed by atoms with van der Waals surface area (Å²) >= 11 is 1.01. The molecule has 0 saturated carbocycles. The van der Waals surface area contributed by atoms with Crippen molar-refractivity contribution in [3.05, 3.63) is 20.6 Å². The molecule has 1 aromatic rings. The molecule has 60 valence electrons. The highest BCUT2D eigenvalue weighted by atomic mass is 32.1. The number of nitrogens with zero attached hydrogens (tertiary/aromatic N) is 1. The van der Waals surface area contributed by atoms with Crippen LogP contribution in [0.1, 0.15) is 25.3 Å². The van der Waals surface area contributed by atoms with Gasteiger partial charge < -0.3 is 5.11 Å². The Balaban J connectivity index is 3.33. The first-order valence-electron chi connectivity index (χ1n) is 3.29. The first-order valence-corrected chi connectivity index (χ1v) is 4.17. The minimum atomic E-state index is -0.135. The van der Waals surface area contributed by atoms with Gasteiger partial charge in [-0.1, -0.05) is 25.2 Å². The zero-order valence-electron chi connectivity index (χ0n) is 6.37. The van der Waals surface area contributed by atoms with Crippen LogP contribution in [-0.2, 0) is 0 Å². The third kappa shape index (κ3) is 1.57. The van der Waals surface area contributed by atoms with E-state index in [2.05, 4.69) is 4.98 Å². The zero-order valence-corrected chi connectivity index (χ0v) is 7.18. The van der Waals surface area contributed by atoms with Crippen molar-refractivity contribution < 1.29 is 5.11 Å². The van der Waals surface area contributed by atoms with E-state index in [1.165, 1.54) is 5.51 Å². The predicted molar refractivity (Wildman–Crippen MR) is 44.1 cm³/mol. The highest BCUT2D eigenvalue weighted by Crippen LogP contribution is 2.18. The van der Waals surface area contributed by atoms with Crippen LogP contribution >= 0.6 is 11.3 Å². The second kappa shape index (κ2) is 3.00. The molecule has 0 atom stereocenters. The average molecular weight is 171 g/mol. The lowest BCUT2D eigenvalue weighted by Gasteiger charge is -2.02. The molecule has 1 heterocycles. The third-order valence-corrected chi connectivity index (χ3v) is 2.02. The van der Waals surface area contributed by atoms with Crippen LogP contribution in [0.5, 0.6) is 5.88 Å². The van der Waals surface area contributed by atoms with Gasteiger partial charge in [-0.05, 0) is 5.92 Å². The van der Waals surface area contributed by atoms with E-state index in [1.54, 1.807) is 0 Å². The molecule has 0 aliphatic heterocycles. The number of rotatable bonds is 1. The van der Waals surface area contributed by atoms with E-state index >= 15 is 0 Å². The van der Waals surface area contributed by atoms with E-state index in [0.29, 0.717) is 5.56 Å².